The SMILES string of the molecule is CC(C)(O)CCOC(C)(C)CNC=O.CCCCCCCCCCCCCCO.CCCCCCCCCCCCCCOCCCOC(=O)NCCC. The maximum Gasteiger partial charge on any atom is 0.407 e. The number of hydrogen-bond acceptors (Lipinski definition) is 7. The van der Waals surface area contributed by atoms with Crippen LogP contribution in [0.25, 0.3) is 0 Å². The fourth-order valence-corrected chi connectivity index (χ4v) is 5.62. The summed E-state index contributed by atoms with van der Waals surface area (Å²) in [4.78, 5) is 21.3. The Morgan fingerprint density at radius 1 is 0.574 bits per heavy atom. The second kappa shape index (κ2) is 46.0. The van der Waals surface area contributed by atoms with E-state index in [4.69, 9.17) is 19.3 Å². The maximum atomic E-state index is 11.2. The summed E-state index contributed by atoms with van der Waals surface area (Å²) < 4.78 is 16.1. The molecule has 0 aliphatic rings. The highest BCUT2D eigenvalue weighted by atomic mass is 16.5. The quantitative estimate of drug-likeness (QED) is 0.0363. The molecule has 0 bridgehead atoms. The molecular weight excluding hydrogens is 681 g/mol. The molecular formula is C45H94N2O7. The van der Waals surface area contributed by atoms with E-state index in [0.29, 0.717) is 52.3 Å². The van der Waals surface area contributed by atoms with E-state index in [1.54, 1.807) is 13.8 Å². The van der Waals surface area contributed by atoms with Gasteiger partial charge in [-0.25, -0.2) is 4.79 Å². The van der Waals surface area contributed by atoms with Crippen molar-refractivity contribution in [2.45, 2.75) is 233 Å². The van der Waals surface area contributed by atoms with E-state index in [1.807, 2.05) is 20.8 Å². The van der Waals surface area contributed by atoms with Gasteiger partial charge >= 0.3 is 6.09 Å². The van der Waals surface area contributed by atoms with Crippen LogP contribution in [0.1, 0.15) is 222 Å². The fourth-order valence-electron chi connectivity index (χ4n) is 5.62. The average molecular weight is 775 g/mol. The van der Waals surface area contributed by atoms with Crippen LogP contribution in [0.5, 0.6) is 0 Å². The summed E-state index contributed by atoms with van der Waals surface area (Å²) in [7, 11) is 0. The molecule has 9 heteroatoms. The molecule has 2 amide bonds. The topological polar surface area (TPSA) is 126 Å². The van der Waals surface area contributed by atoms with Crippen molar-refractivity contribution in [3.63, 3.8) is 0 Å². The van der Waals surface area contributed by atoms with E-state index >= 15 is 0 Å². The van der Waals surface area contributed by atoms with Crippen LogP contribution in [0.15, 0.2) is 0 Å². The predicted octanol–water partition coefficient (Wildman–Crippen LogP) is 11.6. The third-order valence-corrected chi connectivity index (χ3v) is 9.16. The lowest BCUT2D eigenvalue weighted by Crippen LogP contribution is -2.38. The highest BCUT2D eigenvalue weighted by Crippen LogP contribution is 2.14. The minimum atomic E-state index is -0.700. The monoisotopic (exact) mass is 775 g/mol. The molecule has 0 atom stereocenters. The Labute approximate surface area is 335 Å². The third kappa shape index (κ3) is 57.3. The lowest BCUT2D eigenvalue weighted by Gasteiger charge is -2.26. The zero-order valence-corrected chi connectivity index (χ0v) is 37.1. The molecule has 0 spiro atoms. The zero-order chi connectivity index (χ0) is 40.9. The Kier molecular flexibility index (Phi) is 48.4. The van der Waals surface area contributed by atoms with Crippen LogP contribution in [-0.2, 0) is 19.0 Å². The Bertz CT molecular complexity index is 719. The Morgan fingerprint density at radius 2 is 1.00 bits per heavy atom. The summed E-state index contributed by atoms with van der Waals surface area (Å²) in [6.07, 6.45) is 35.2. The highest BCUT2D eigenvalue weighted by molar-refractivity contribution is 5.66. The van der Waals surface area contributed by atoms with Crippen LogP contribution in [0, 0.1) is 0 Å². The third-order valence-electron chi connectivity index (χ3n) is 9.16. The lowest BCUT2D eigenvalue weighted by atomic mass is 10.1. The number of nitrogens with one attached hydrogen (secondary N) is 2. The fraction of sp³-hybridized carbons (Fsp3) is 0.956. The Morgan fingerprint density at radius 3 is 1.41 bits per heavy atom. The first-order valence-corrected chi connectivity index (χ1v) is 22.6. The molecule has 0 aliphatic heterocycles. The molecule has 326 valence electrons. The molecule has 0 aromatic rings. The first kappa shape index (κ1) is 56.9. The van der Waals surface area contributed by atoms with Crippen LogP contribution in [0.2, 0.25) is 0 Å². The van der Waals surface area contributed by atoms with Crippen molar-refractivity contribution in [1.29, 1.82) is 0 Å². The molecule has 0 saturated heterocycles. The van der Waals surface area contributed by atoms with Crippen LogP contribution in [-0.4, -0.2) is 80.0 Å². The standard InChI is InChI=1S/C21H43NO3.C14H30O.C10H21NO3/c1-3-5-6-7-8-9-10-11-12-13-14-15-18-24-19-16-20-25-21(23)22-17-4-2;1-2-3-4-5-6-7-8-9-10-11-12-13-14-15;1-9(2,13)5-6-14-10(3,4)7-11-8-12/h3-20H2,1-2H3,(H,22,23);15H,2-14H2,1H3;8,13H,5-7H2,1-4H3,(H,11,12). The first-order valence-electron chi connectivity index (χ1n) is 22.6. The lowest BCUT2D eigenvalue weighted by molar-refractivity contribution is -0.111. The average Bonchev–Trinajstić information content (AvgIpc) is 3.13. The number of carbonyl (C=O) groups excluding carboxylic acids is 2. The molecule has 0 heterocycles. The van der Waals surface area contributed by atoms with Crippen molar-refractivity contribution < 1.29 is 34.0 Å². The first-order chi connectivity index (χ1) is 26.0. The van der Waals surface area contributed by atoms with Crippen molar-refractivity contribution in [2.75, 3.05) is 46.1 Å². The number of carbonyl (C=O) groups is 2. The number of amides is 2. The second-order valence-corrected chi connectivity index (χ2v) is 16.2. The normalized spacial score (nSPS) is 11.3. The second-order valence-electron chi connectivity index (χ2n) is 16.2. The molecule has 54 heavy (non-hydrogen) atoms. The molecule has 0 aromatic carbocycles. The van der Waals surface area contributed by atoms with Crippen molar-refractivity contribution in [1.82, 2.24) is 10.6 Å². The van der Waals surface area contributed by atoms with Gasteiger partial charge in [0.1, 0.15) is 0 Å². The number of aliphatic hydroxyl groups excluding tert-OH is 1. The van der Waals surface area contributed by atoms with Crippen molar-refractivity contribution in [3.05, 3.63) is 0 Å². The van der Waals surface area contributed by atoms with E-state index in [0.717, 1.165) is 32.3 Å². The molecule has 0 rings (SSSR count). The molecule has 0 fully saturated rings. The van der Waals surface area contributed by atoms with Gasteiger partial charge < -0.3 is 35.1 Å². The van der Waals surface area contributed by atoms with Gasteiger partial charge in [0.25, 0.3) is 0 Å². The number of rotatable bonds is 38. The Hall–Kier alpha value is -1.42. The molecule has 9 nitrogen and oxygen atoms in total. The molecule has 0 unspecified atom stereocenters. The maximum absolute atomic E-state index is 11.2. The minimum Gasteiger partial charge on any atom is -0.449 e. The minimum absolute atomic E-state index is 0.317. The van der Waals surface area contributed by atoms with Crippen LogP contribution < -0.4 is 10.6 Å². The van der Waals surface area contributed by atoms with E-state index in [9.17, 15) is 14.7 Å². The van der Waals surface area contributed by atoms with Gasteiger partial charge in [-0.1, -0.05) is 162 Å². The van der Waals surface area contributed by atoms with Gasteiger partial charge in [-0.05, 0) is 53.4 Å². The van der Waals surface area contributed by atoms with E-state index in [-0.39, 0.29) is 11.7 Å². The van der Waals surface area contributed by atoms with E-state index in [1.165, 1.54) is 141 Å². The van der Waals surface area contributed by atoms with Gasteiger partial charge in [-0.3, -0.25) is 4.79 Å². The molecule has 0 saturated carbocycles. The molecule has 0 aliphatic carbocycles. The van der Waals surface area contributed by atoms with Gasteiger partial charge in [-0.2, -0.15) is 0 Å². The van der Waals surface area contributed by atoms with E-state index in [2.05, 4.69) is 24.5 Å². The van der Waals surface area contributed by atoms with Gasteiger partial charge in [-0.15, -0.1) is 0 Å². The number of unbranched alkanes of at least 4 members (excludes halogenated alkanes) is 22. The van der Waals surface area contributed by atoms with Crippen LogP contribution >= 0.6 is 0 Å². The predicted molar refractivity (Wildman–Crippen MR) is 229 cm³/mol. The van der Waals surface area contributed by atoms with Crippen molar-refractivity contribution in [2.24, 2.45) is 0 Å². The van der Waals surface area contributed by atoms with Gasteiger partial charge in [0.2, 0.25) is 6.41 Å². The van der Waals surface area contributed by atoms with Crippen LogP contribution in [0.3, 0.4) is 0 Å². The van der Waals surface area contributed by atoms with Gasteiger partial charge in [0, 0.05) is 39.3 Å². The molecule has 0 radical (unpaired) electrons. The summed E-state index contributed by atoms with van der Waals surface area (Å²) in [5, 5.41) is 23.3. The summed E-state index contributed by atoms with van der Waals surface area (Å²) >= 11 is 0. The molecule has 4 N–H and O–H groups in total. The van der Waals surface area contributed by atoms with E-state index < -0.39 is 5.60 Å². The summed E-state index contributed by atoms with van der Waals surface area (Å²) in [6, 6.07) is 0. The summed E-state index contributed by atoms with van der Waals surface area (Å²) in [5.41, 5.74) is -1.08. The Balaban J connectivity index is -0.000000771. The largest absolute Gasteiger partial charge is 0.449 e. The number of ether oxygens (including phenoxy) is 3. The van der Waals surface area contributed by atoms with Crippen molar-refractivity contribution in [3.8, 4) is 0 Å². The van der Waals surface area contributed by atoms with Crippen molar-refractivity contribution >= 4 is 12.5 Å². The highest BCUT2D eigenvalue weighted by Gasteiger charge is 2.20. The number of alkyl carbamates (subject to hydrolysis) is 1. The summed E-state index contributed by atoms with van der Waals surface area (Å²) in [5.74, 6) is 0. The number of aliphatic hydroxyl groups is 2. The molecule has 0 aromatic heterocycles. The number of hydrogen-bond donors (Lipinski definition) is 4. The van der Waals surface area contributed by atoms with Crippen LogP contribution in [0.4, 0.5) is 4.79 Å². The zero-order valence-electron chi connectivity index (χ0n) is 37.1. The smallest absolute Gasteiger partial charge is 0.407 e. The summed E-state index contributed by atoms with van der Waals surface area (Å²) in [6.45, 7) is 17.8. The van der Waals surface area contributed by atoms with Gasteiger partial charge in [0.05, 0.1) is 24.4 Å². The van der Waals surface area contributed by atoms with Gasteiger partial charge in [0.15, 0.2) is 0 Å².